The molecule has 106 valence electrons. The van der Waals surface area contributed by atoms with Gasteiger partial charge in [-0.2, -0.15) is 5.10 Å². The summed E-state index contributed by atoms with van der Waals surface area (Å²) in [7, 11) is 3.85. The van der Waals surface area contributed by atoms with Crippen LogP contribution in [0.15, 0.2) is 0 Å². The van der Waals surface area contributed by atoms with Gasteiger partial charge in [0.25, 0.3) is 0 Å². The first-order valence-corrected chi connectivity index (χ1v) is 6.67. The highest BCUT2D eigenvalue weighted by Gasteiger charge is 2.22. The molecule has 0 aliphatic heterocycles. The molecular formula is C13H23N5O. The lowest BCUT2D eigenvalue weighted by molar-refractivity contribution is 0.130. The summed E-state index contributed by atoms with van der Waals surface area (Å²) in [5.74, 6) is 1.73. The molecule has 6 heteroatoms. The van der Waals surface area contributed by atoms with Gasteiger partial charge < -0.3 is 15.4 Å². The Labute approximate surface area is 114 Å². The molecule has 0 atom stereocenters. The number of hydrogen-bond donors (Lipinski definition) is 2. The number of nitrogens with zero attached hydrogens (tertiary/aromatic N) is 3. The van der Waals surface area contributed by atoms with Gasteiger partial charge in [-0.3, -0.25) is 10.1 Å². The minimum atomic E-state index is 0.0614. The Morgan fingerprint density at radius 1 is 1.58 bits per heavy atom. The smallest absolute Gasteiger partial charge is 0.137 e. The van der Waals surface area contributed by atoms with E-state index in [1.807, 2.05) is 25.9 Å². The Morgan fingerprint density at radius 2 is 2.26 bits per heavy atom. The van der Waals surface area contributed by atoms with E-state index in [2.05, 4.69) is 5.10 Å². The van der Waals surface area contributed by atoms with Gasteiger partial charge in [0.1, 0.15) is 11.7 Å². The van der Waals surface area contributed by atoms with Crippen LogP contribution in [0.25, 0.3) is 0 Å². The average molecular weight is 265 g/mol. The molecule has 3 N–H and O–H groups in total. The Hall–Kier alpha value is -1.56. The zero-order chi connectivity index (χ0) is 14.0. The van der Waals surface area contributed by atoms with Crippen molar-refractivity contribution in [2.24, 2.45) is 18.7 Å². The number of aromatic nitrogens is 2. The number of hydrogen-bond acceptors (Lipinski definition) is 4. The number of aryl methyl sites for hydroxylation is 2. The molecule has 1 aliphatic rings. The van der Waals surface area contributed by atoms with Crippen LogP contribution in [0.3, 0.4) is 0 Å². The number of rotatable bonds is 7. The lowest BCUT2D eigenvalue weighted by Gasteiger charge is -2.20. The van der Waals surface area contributed by atoms with Crippen molar-refractivity contribution in [3.8, 4) is 0 Å². The van der Waals surface area contributed by atoms with Crippen LogP contribution in [0.4, 0.5) is 5.82 Å². The number of nitrogen functional groups attached to an aromatic ring is 1. The highest BCUT2D eigenvalue weighted by atomic mass is 16.5. The van der Waals surface area contributed by atoms with Crippen molar-refractivity contribution < 1.29 is 4.74 Å². The van der Waals surface area contributed by atoms with Crippen molar-refractivity contribution in [2.75, 3.05) is 31.7 Å². The molecule has 0 aromatic carbocycles. The number of amidine groups is 1. The van der Waals surface area contributed by atoms with Gasteiger partial charge in [-0.1, -0.05) is 0 Å². The molecule has 0 saturated heterocycles. The van der Waals surface area contributed by atoms with Crippen LogP contribution < -0.4 is 10.6 Å². The van der Waals surface area contributed by atoms with E-state index in [1.165, 1.54) is 12.8 Å². The van der Waals surface area contributed by atoms with Gasteiger partial charge in [0.2, 0.25) is 0 Å². The van der Waals surface area contributed by atoms with Gasteiger partial charge in [0.05, 0.1) is 17.9 Å². The van der Waals surface area contributed by atoms with E-state index in [4.69, 9.17) is 15.9 Å². The Kier molecular flexibility index (Phi) is 4.09. The van der Waals surface area contributed by atoms with Gasteiger partial charge in [0, 0.05) is 27.2 Å². The molecule has 19 heavy (non-hydrogen) atoms. The van der Waals surface area contributed by atoms with Crippen LogP contribution in [0.2, 0.25) is 0 Å². The maximum atomic E-state index is 7.67. The van der Waals surface area contributed by atoms with Crippen LogP contribution in [0.5, 0.6) is 0 Å². The molecule has 1 heterocycles. The summed E-state index contributed by atoms with van der Waals surface area (Å²) >= 11 is 0. The molecule has 2 rings (SSSR count). The standard InChI is InChI=1S/C13H23N5O/c1-9-11(12(14)15)13(18(3)16-9)17(2)6-7-19-8-10-4-5-10/h10H,4-8H2,1-3H3,(H3,14,15). The molecule has 1 aromatic rings. The minimum absolute atomic E-state index is 0.0614. The Bertz CT molecular complexity index is 464. The first-order valence-electron chi connectivity index (χ1n) is 6.67. The zero-order valence-electron chi connectivity index (χ0n) is 11.9. The first kappa shape index (κ1) is 13.9. The average Bonchev–Trinajstić information content (AvgIpc) is 3.09. The second-order valence-corrected chi connectivity index (χ2v) is 5.26. The predicted octanol–water partition coefficient (Wildman–Crippen LogP) is 0.875. The third kappa shape index (κ3) is 3.26. The fourth-order valence-corrected chi connectivity index (χ4v) is 2.24. The Balaban J connectivity index is 1.96. The van der Waals surface area contributed by atoms with E-state index < -0.39 is 0 Å². The monoisotopic (exact) mass is 265 g/mol. The van der Waals surface area contributed by atoms with Crippen molar-refractivity contribution >= 4 is 11.7 Å². The molecule has 1 aromatic heterocycles. The van der Waals surface area contributed by atoms with E-state index >= 15 is 0 Å². The molecule has 0 unspecified atom stereocenters. The molecule has 1 aliphatic carbocycles. The number of ether oxygens (including phenoxy) is 1. The first-order chi connectivity index (χ1) is 9.00. The molecule has 0 bridgehead atoms. The SMILES string of the molecule is Cc1nn(C)c(N(C)CCOCC2CC2)c1C(=N)N. The third-order valence-electron chi connectivity index (χ3n) is 3.44. The summed E-state index contributed by atoms with van der Waals surface area (Å²) in [6.07, 6.45) is 2.62. The summed E-state index contributed by atoms with van der Waals surface area (Å²) in [5, 5.41) is 12.0. The molecule has 0 amide bonds. The molecular weight excluding hydrogens is 242 g/mol. The van der Waals surface area contributed by atoms with Crippen LogP contribution in [0, 0.1) is 18.3 Å². The van der Waals surface area contributed by atoms with Gasteiger partial charge in [-0.15, -0.1) is 0 Å². The number of nitrogens with one attached hydrogen (secondary N) is 1. The number of anilines is 1. The van der Waals surface area contributed by atoms with E-state index in [0.717, 1.165) is 30.6 Å². The van der Waals surface area contributed by atoms with E-state index in [9.17, 15) is 0 Å². The van der Waals surface area contributed by atoms with Crippen LogP contribution in [-0.2, 0) is 11.8 Å². The maximum Gasteiger partial charge on any atom is 0.137 e. The number of nitrogens with two attached hydrogens (primary N) is 1. The molecule has 0 radical (unpaired) electrons. The predicted molar refractivity (Wildman–Crippen MR) is 75.8 cm³/mol. The van der Waals surface area contributed by atoms with Gasteiger partial charge >= 0.3 is 0 Å². The normalized spacial score (nSPS) is 14.7. The highest BCUT2D eigenvalue weighted by molar-refractivity contribution is 6.00. The topological polar surface area (TPSA) is 80.2 Å². The lowest BCUT2D eigenvalue weighted by Crippen LogP contribution is -2.27. The largest absolute Gasteiger partial charge is 0.384 e. The molecule has 1 fully saturated rings. The molecule has 6 nitrogen and oxygen atoms in total. The second kappa shape index (κ2) is 5.61. The summed E-state index contributed by atoms with van der Waals surface area (Å²) in [4.78, 5) is 2.05. The van der Waals surface area contributed by atoms with Gasteiger partial charge in [0.15, 0.2) is 0 Å². The minimum Gasteiger partial charge on any atom is -0.384 e. The van der Waals surface area contributed by atoms with Crippen molar-refractivity contribution in [1.82, 2.24) is 9.78 Å². The summed E-state index contributed by atoms with van der Waals surface area (Å²) in [6.45, 7) is 4.20. The van der Waals surface area contributed by atoms with E-state index in [0.29, 0.717) is 12.2 Å². The van der Waals surface area contributed by atoms with Crippen LogP contribution >= 0.6 is 0 Å². The zero-order valence-corrected chi connectivity index (χ0v) is 11.9. The van der Waals surface area contributed by atoms with E-state index in [1.54, 1.807) is 4.68 Å². The van der Waals surface area contributed by atoms with Crippen LogP contribution in [0.1, 0.15) is 24.1 Å². The molecule has 1 saturated carbocycles. The Morgan fingerprint density at radius 3 is 2.84 bits per heavy atom. The summed E-state index contributed by atoms with van der Waals surface area (Å²) < 4.78 is 7.41. The highest BCUT2D eigenvalue weighted by Crippen LogP contribution is 2.28. The van der Waals surface area contributed by atoms with Crippen molar-refractivity contribution in [1.29, 1.82) is 5.41 Å². The van der Waals surface area contributed by atoms with Crippen molar-refractivity contribution in [2.45, 2.75) is 19.8 Å². The van der Waals surface area contributed by atoms with Crippen molar-refractivity contribution in [3.63, 3.8) is 0 Å². The van der Waals surface area contributed by atoms with Gasteiger partial charge in [-0.05, 0) is 25.7 Å². The van der Waals surface area contributed by atoms with E-state index in [-0.39, 0.29) is 5.84 Å². The van der Waals surface area contributed by atoms with Gasteiger partial charge in [-0.25, -0.2) is 0 Å². The summed E-state index contributed by atoms with van der Waals surface area (Å²) in [6, 6.07) is 0. The second-order valence-electron chi connectivity index (χ2n) is 5.26. The molecule has 0 spiro atoms. The fourth-order valence-electron chi connectivity index (χ4n) is 2.24. The third-order valence-corrected chi connectivity index (χ3v) is 3.44. The number of likely N-dealkylation sites (N-methyl/N-ethyl adjacent to an activating group) is 1. The quantitative estimate of drug-likeness (QED) is 0.435. The maximum absolute atomic E-state index is 7.67. The van der Waals surface area contributed by atoms with Crippen molar-refractivity contribution in [3.05, 3.63) is 11.3 Å². The van der Waals surface area contributed by atoms with Crippen LogP contribution in [-0.4, -0.2) is 42.4 Å². The fraction of sp³-hybridized carbons (Fsp3) is 0.692. The summed E-state index contributed by atoms with van der Waals surface area (Å²) in [5.41, 5.74) is 7.14. The lowest BCUT2D eigenvalue weighted by atomic mass is 10.2.